The molecule has 0 spiro atoms. The number of aliphatic hydroxyl groups excluding tert-OH is 2. The molecule has 0 unspecified atom stereocenters. The molecule has 4 nitrogen and oxygen atoms in total. The number of allylic oxidation sites excluding steroid dienone is 2. The molecule has 0 aliphatic carbocycles. The van der Waals surface area contributed by atoms with Gasteiger partial charge in [-0.25, -0.2) is 0 Å². The van der Waals surface area contributed by atoms with Crippen LogP contribution in [0.4, 0.5) is 0 Å². The van der Waals surface area contributed by atoms with Gasteiger partial charge in [-0.05, 0) is 38.3 Å². The van der Waals surface area contributed by atoms with E-state index in [0.717, 1.165) is 0 Å². The molecule has 0 rings (SSSR count). The topological polar surface area (TPSA) is 92.5 Å². The van der Waals surface area contributed by atoms with Gasteiger partial charge in [0.25, 0.3) is 10.3 Å². The maximum atomic E-state index is 7.56. The molecule has 0 atom stereocenters. The summed E-state index contributed by atoms with van der Waals surface area (Å²) < 4.78 is 0. The van der Waals surface area contributed by atoms with Crippen molar-refractivity contribution in [3.8, 4) is 0 Å². The van der Waals surface area contributed by atoms with Crippen molar-refractivity contribution in [1.82, 2.24) is 0 Å². The molecule has 0 aromatic rings. The predicted molar refractivity (Wildman–Crippen MR) is 86.5 cm³/mol. The highest BCUT2D eigenvalue weighted by Gasteiger charge is 1.57. The van der Waals surface area contributed by atoms with Crippen LogP contribution >= 0.6 is 24.4 Å². The van der Waals surface area contributed by atoms with E-state index in [2.05, 4.69) is 62.9 Å². The molecular formula is C11H26N2O2S2. The van der Waals surface area contributed by atoms with Gasteiger partial charge in [-0.3, -0.25) is 0 Å². The molecule has 6 N–H and O–H groups in total. The zero-order valence-corrected chi connectivity index (χ0v) is 12.8. The van der Waals surface area contributed by atoms with Gasteiger partial charge in [0, 0.05) is 0 Å². The first kappa shape index (κ1) is 29.7. The lowest BCUT2D eigenvalue weighted by Crippen LogP contribution is -2.03. The SMILES string of the molecule is C=CC.C=CC.CCC.NC(O)=S.NC(O)=S. The van der Waals surface area contributed by atoms with Crippen molar-refractivity contribution in [3.63, 3.8) is 0 Å². The monoisotopic (exact) mass is 282 g/mol. The highest BCUT2D eigenvalue weighted by Crippen LogP contribution is 1.56. The molecule has 0 saturated carbocycles. The molecule has 0 aliphatic rings. The van der Waals surface area contributed by atoms with Gasteiger partial charge in [-0.2, -0.15) is 0 Å². The van der Waals surface area contributed by atoms with E-state index < -0.39 is 10.3 Å². The standard InChI is InChI=1S/C3H8.2C3H6.2CH3NOS/c3*1-3-2;2*2-1(3)4/h3H2,1-2H3;2*3H,1H2,2H3;2*(H3,2,3,4). The Bertz CT molecular complexity index is 149. The fraction of sp³-hybridized carbons (Fsp3) is 0.455. The average molecular weight is 282 g/mol. The highest BCUT2D eigenvalue weighted by molar-refractivity contribution is 7.80. The smallest absolute Gasteiger partial charge is 0.251 e. The summed E-state index contributed by atoms with van der Waals surface area (Å²) in [6.07, 6.45) is 4.75. The number of rotatable bonds is 0. The second-order valence-corrected chi connectivity index (χ2v) is 3.04. The van der Waals surface area contributed by atoms with Crippen LogP contribution in [0.25, 0.3) is 0 Å². The highest BCUT2D eigenvalue weighted by atomic mass is 32.1. The molecule has 0 saturated heterocycles. The quantitative estimate of drug-likeness (QED) is 0.402. The summed E-state index contributed by atoms with van der Waals surface area (Å²) in [5, 5.41) is 14.1. The van der Waals surface area contributed by atoms with Gasteiger partial charge >= 0.3 is 0 Å². The Labute approximate surface area is 116 Å². The Morgan fingerprint density at radius 2 is 1.00 bits per heavy atom. The molecule has 104 valence electrons. The Balaban J connectivity index is -0.0000000356. The second kappa shape index (κ2) is 46.2. The van der Waals surface area contributed by atoms with Crippen LogP contribution in [0.1, 0.15) is 34.1 Å². The molecule has 0 amide bonds. The predicted octanol–water partition coefficient (Wildman–Crippen LogP) is 3.38. The number of aliphatic hydroxyl groups is 2. The van der Waals surface area contributed by atoms with E-state index in [1.165, 1.54) is 6.42 Å². The molecule has 6 heteroatoms. The van der Waals surface area contributed by atoms with Crippen molar-refractivity contribution in [2.24, 2.45) is 11.5 Å². The maximum absolute atomic E-state index is 7.56. The van der Waals surface area contributed by atoms with E-state index in [-0.39, 0.29) is 0 Å². The third-order valence-electron chi connectivity index (χ3n) is 0. The minimum Gasteiger partial charge on any atom is -0.487 e. The van der Waals surface area contributed by atoms with Gasteiger partial charge in [0.2, 0.25) is 0 Å². The minimum atomic E-state index is -0.500. The Hall–Kier alpha value is -1.14. The minimum absolute atomic E-state index is 0.500. The fourth-order valence-corrected chi connectivity index (χ4v) is 0. The van der Waals surface area contributed by atoms with Crippen LogP contribution < -0.4 is 11.5 Å². The lowest BCUT2D eigenvalue weighted by Gasteiger charge is -1.67. The van der Waals surface area contributed by atoms with Crippen LogP contribution in [0.15, 0.2) is 25.3 Å². The van der Waals surface area contributed by atoms with Crippen LogP contribution in [0.3, 0.4) is 0 Å². The van der Waals surface area contributed by atoms with Crippen molar-refractivity contribution in [2.45, 2.75) is 34.1 Å². The molecule has 17 heavy (non-hydrogen) atoms. The van der Waals surface area contributed by atoms with E-state index in [0.29, 0.717) is 0 Å². The maximum Gasteiger partial charge on any atom is 0.251 e. The first-order valence-electron chi connectivity index (χ1n) is 4.82. The van der Waals surface area contributed by atoms with Crippen LogP contribution in [-0.4, -0.2) is 20.6 Å². The van der Waals surface area contributed by atoms with E-state index >= 15 is 0 Å². The zero-order chi connectivity index (χ0) is 15.3. The molecule has 0 aliphatic heterocycles. The van der Waals surface area contributed by atoms with E-state index in [9.17, 15) is 0 Å². The summed E-state index contributed by atoms with van der Waals surface area (Å²) in [4.78, 5) is 0. The normalized spacial score (nSPS) is 5.41. The summed E-state index contributed by atoms with van der Waals surface area (Å²) in [5.41, 5.74) is 8.80. The molecular weight excluding hydrogens is 256 g/mol. The van der Waals surface area contributed by atoms with Crippen LogP contribution in [0.2, 0.25) is 0 Å². The lowest BCUT2D eigenvalue weighted by atomic mass is 10.6. The number of thiocarbonyl (C=S) groups is 2. The van der Waals surface area contributed by atoms with E-state index in [4.69, 9.17) is 10.2 Å². The molecule has 0 heterocycles. The van der Waals surface area contributed by atoms with Gasteiger partial charge in [0.05, 0.1) is 0 Å². The number of hydrogen-bond acceptors (Lipinski definition) is 2. The van der Waals surface area contributed by atoms with Crippen molar-refractivity contribution < 1.29 is 10.2 Å². The fourth-order valence-electron chi connectivity index (χ4n) is 0. The molecule has 0 bridgehead atoms. The molecule has 0 radical (unpaired) electrons. The number of nitrogens with two attached hydrogens (primary N) is 2. The van der Waals surface area contributed by atoms with Gasteiger partial charge in [0.1, 0.15) is 0 Å². The first-order chi connectivity index (χ1) is 7.71. The van der Waals surface area contributed by atoms with Crippen LogP contribution in [0.5, 0.6) is 0 Å². The summed E-state index contributed by atoms with van der Waals surface area (Å²) in [6, 6.07) is 0. The van der Waals surface area contributed by atoms with Crippen molar-refractivity contribution >= 4 is 34.8 Å². The summed E-state index contributed by atoms with van der Waals surface area (Å²) in [7, 11) is 0. The molecule has 0 aromatic heterocycles. The number of hydrogen-bond donors (Lipinski definition) is 4. The molecule has 0 aromatic carbocycles. The largest absolute Gasteiger partial charge is 0.487 e. The third-order valence-corrected chi connectivity index (χ3v) is 0. The van der Waals surface area contributed by atoms with Crippen LogP contribution in [0, 0.1) is 0 Å². The summed E-state index contributed by atoms with van der Waals surface area (Å²) in [5.74, 6) is 0. The third kappa shape index (κ3) is 1890. The van der Waals surface area contributed by atoms with Crippen LogP contribution in [-0.2, 0) is 0 Å². The average Bonchev–Trinajstić information content (AvgIpc) is 2.03. The Kier molecular flexibility index (Phi) is 80.7. The summed E-state index contributed by atoms with van der Waals surface area (Å²) >= 11 is 7.74. The van der Waals surface area contributed by atoms with Crippen molar-refractivity contribution in [3.05, 3.63) is 25.3 Å². The summed E-state index contributed by atoms with van der Waals surface area (Å²) in [6.45, 7) is 14.8. The van der Waals surface area contributed by atoms with Gasteiger partial charge in [-0.15, -0.1) is 13.2 Å². The van der Waals surface area contributed by atoms with Gasteiger partial charge in [0.15, 0.2) is 0 Å². The van der Waals surface area contributed by atoms with Crippen molar-refractivity contribution in [1.29, 1.82) is 0 Å². The first-order valence-corrected chi connectivity index (χ1v) is 5.63. The van der Waals surface area contributed by atoms with E-state index in [1.807, 2.05) is 13.8 Å². The molecule has 0 fully saturated rings. The van der Waals surface area contributed by atoms with E-state index in [1.54, 1.807) is 12.2 Å². The Morgan fingerprint density at radius 1 is 1.00 bits per heavy atom. The zero-order valence-electron chi connectivity index (χ0n) is 11.1. The van der Waals surface area contributed by atoms with Gasteiger partial charge < -0.3 is 21.7 Å². The Morgan fingerprint density at radius 3 is 1.00 bits per heavy atom. The second-order valence-electron chi connectivity index (χ2n) is 2.20. The van der Waals surface area contributed by atoms with Crippen molar-refractivity contribution in [2.75, 3.05) is 0 Å². The lowest BCUT2D eigenvalue weighted by molar-refractivity contribution is 0.559. The van der Waals surface area contributed by atoms with Gasteiger partial charge in [-0.1, -0.05) is 32.4 Å².